The number of imidazole rings is 1. The molecule has 1 aliphatic rings. The second kappa shape index (κ2) is 40.6. The monoisotopic (exact) mass is 1540 g/mol. The Kier molecular flexibility index (Phi) is 31.4. The van der Waals surface area contributed by atoms with Gasteiger partial charge in [-0.2, -0.15) is 0 Å². The molecule has 0 spiro atoms. The highest BCUT2D eigenvalue weighted by Gasteiger charge is 2.43. The van der Waals surface area contributed by atoms with Crippen molar-refractivity contribution in [1.82, 2.24) is 73.0 Å². The van der Waals surface area contributed by atoms with E-state index in [1.54, 1.807) is 70.3 Å². The number of amides is 14. The molecule has 1 fully saturated rings. The smallest absolute Gasteiger partial charge is 0.248 e. The van der Waals surface area contributed by atoms with Crippen LogP contribution in [-0.4, -0.2) is 209 Å². The van der Waals surface area contributed by atoms with Crippen molar-refractivity contribution < 1.29 is 87.5 Å². The van der Waals surface area contributed by atoms with Crippen molar-refractivity contribution in [3.8, 4) is 17.2 Å². The lowest BCUT2D eigenvalue weighted by atomic mass is 9.96. The minimum Gasteiger partial charge on any atom is -0.508 e. The molecule has 0 saturated carbocycles. The first-order chi connectivity index (χ1) is 52.7. The number of aliphatic hydroxyl groups excluding tert-OH is 1. The fourth-order valence-electron chi connectivity index (χ4n) is 12.4. The first-order valence-corrected chi connectivity index (χ1v) is 36.1. The van der Waals surface area contributed by atoms with Gasteiger partial charge in [0.15, 0.2) is 0 Å². The number of aromatic nitrogens is 3. The number of H-pyrrole nitrogens is 2. The highest BCUT2D eigenvalue weighted by atomic mass is 16.3. The lowest BCUT2D eigenvalue weighted by Gasteiger charge is -2.32. The molecule has 0 radical (unpaired) electrons. The van der Waals surface area contributed by atoms with Gasteiger partial charge in [-0.1, -0.05) is 88.7 Å². The highest BCUT2D eigenvalue weighted by Crippen LogP contribution is 2.24. The molecule has 36 nitrogen and oxygen atoms in total. The number of hydrogen-bond acceptors (Lipinski definition) is 20. The van der Waals surface area contributed by atoms with E-state index in [9.17, 15) is 87.5 Å². The number of nitrogens with one attached hydrogen (secondary N) is 12. The van der Waals surface area contributed by atoms with Gasteiger partial charge in [0.1, 0.15) is 77.7 Å². The Bertz CT molecular complexity index is 4270. The summed E-state index contributed by atoms with van der Waals surface area (Å²) >= 11 is 0. The lowest BCUT2D eigenvalue weighted by Crippen LogP contribution is -2.62. The van der Waals surface area contributed by atoms with Crippen LogP contribution in [0.3, 0.4) is 0 Å². The molecular formula is C75H98N18O18. The number of aromatic hydroxyl groups is 3. The molecule has 0 aliphatic carbocycles. The molecule has 4 aromatic carbocycles. The number of aromatic amines is 2. The molecule has 0 bridgehead atoms. The van der Waals surface area contributed by atoms with Crippen molar-refractivity contribution in [3.63, 3.8) is 0 Å². The minimum absolute atomic E-state index is 0.00420. The fourth-order valence-corrected chi connectivity index (χ4v) is 12.4. The van der Waals surface area contributed by atoms with E-state index >= 15 is 0 Å². The molecule has 111 heavy (non-hydrogen) atoms. The normalized spacial score (nSPS) is 15.9. The maximum absolute atomic E-state index is 15.0. The van der Waals surface area contributed by atoms with Crippen LogP contribution in [-0.2, 0) is 99.2 Å². The Morgan fingerprint density at radius 2 is 1.05 bits per heavy atom. The van der Waals surface area contributed by atoms with Gasteiger partial charge in [-0.05, 0) is 109 Å². The fraction of sp³-hybridized carbons (Fsp3) is 0.427. The van der Waals surface area contributed by atoms with E-state index in [1.165, 1.54) is 73.2 Å². The van der Waals surface area contributed by atoms with Crippen molar-refractivity contribution in [2.45, 2.75) is 178 Å². The number of para-hydroxylation sites is 1. The van der Waals surface area contributed by atoms with E-state index in [0.717, 1.165) is 11.8 Å². The van der Waals surface area contributed by atoms with E-state index in [4.69, 9.17) is 22.9 Å². The van der Waals surface area contributed by atoms with Crippen molar-refractivity contribution in [3.05, 3.63) is 144 Å². The summed E-state index contributed by atoms with van der Waals surface area (Å²) in [5, 5.41) is 67.6. The average Bonchev–Trinajstić information content (AvgIpc) is 1.79. The summed E-state index contributed by atoms with van der Waals surface area (Å²) in [5.41, 5.74) is 25.9. The molecule has 3 heterocycles. The van der Waals surface area contributed by atoms with Crippen LogP contribution < -0.4 is 76.1 Å². The molecule has 6 aromatic rings. The van der Waals surface area contributed by atoms with Crippen LogP contribution in [0.15, 0.2) is 116 Å². The summed E-state index contributed by atoms with van der Waals surface area (Å²) < 4.78 is 0. The molecule has 13 unspecified atom stereocenters. The number of fused-ring (bicyclic) bond motifs is 1. The van der Waals surface area contributed by atoms with Crippen molar-refractivity contribution in [2.75, 3.05) is 13.1 Å². The van der Waals surface area contributed by atoms with Crippen LogP contribution in [0.5, 0.6) is 17.2 Å². The molecular weight excluding hydrogens is 1440 g/mol. The van der Waals surface area contributed by atoms with Gasteiger partial charge in [0.05, 0.1) is 31.4 Å². The van der Waals surface area contributed by atoms with Gasteiger partial charge in [-0.15, -0.1) is 0 Å². The molecule has 13 atom stereocenters. The molecule has 1 saturated heterocycles. The second-order valence-corrected chi connectivity index (χ2v) is 27.8. The first kappa shape index (κ1) is 85.8. The number of aliphatic hydroxyl groups is 1. The van der Waals surface area contributed by atoms with E-state index < -0.39 is 193 Å². The van der Waals surface area contributed by atoms with Crippen molar-refractivity contribution in [1.29, 1.82) is 0 Å². The van der Waals surface area contributed by atoms with Gasteiger partial charge in [0.2, 0.25) is 82.7 Å². The number of phenols is 3. The Labute approximate surface area is 638 Å². The van der Waals surface area contributed by atoms with Crippen LogP contribution in [0.25, 0.3) is 10.9 Å². The maximum atomic E-state index is 15.0. The summed E-state index contributed by atoms with van der Waals surface area (Å²) in [5.74, 6) is -14.8. The highest BCUT2D eigenvalue weighted by molar-refractivity contribution is 6.01. The number of rotatable bonds is 41. The van der Waals surface area contributed by atoms with Crippen LogP contribution in [0.4, 0.5) is 0 Å². The summed E-state index contributed by atoms with van der Waals surface area (Å²) in [6.45, 7) is 6.72. The quantitative estimate of drug-likeness (QED) is 0.0182. The van der Waals surface area contributed by atoms with Gasteiger partial charge in [-0.3, -0.25) is 67.1 Å². The van der Waals surface area contributed by atoms with Gasteiger partial charge in [-0.25, -0.2) is 4.98 Å². The number of carbonyl (C=O) groups excluding carboxylic acids is 14. The predicted octanol–water partition coefficient (Wildman–Crippen LogP) is -2.97. The Hall–Kier alpha value is -12.5. The summed E-state index contributed by atoms with van der Waals surface area (Å²) in [6.07, 6.45) is 0.494. The van der Waals surface area contributed by atoms with E-state index in [1.807, 2.05) is 0 Å². The van der Waals surface area contributed by atoms with Gasteiger partial charge in [0.25, 0.3) is 0 Å². The van der Waals surface area contributed by atoms with Gasteiger partial charge in [0, 0.05) is 67.6 Å². The van der Waals surface area contributed by atoms with Crippen LogP contribution >= 0.6 is 0 Å². The SMILES string of the molecule is CCC(C)C(NC(=O)C(NC(=O)C(CC(N)=O)NC(=O)C(CCC(N)=O)NC(=O)C1CCCN1C(=O)C(NC(=O)C(Cc1ccc(O)cc1)NC(=O)CNC(=O)C(Cc1ccc(O)cc1)NC(=O)C(Cc1c[nH]c2ccccc12)NC(=O)C(Cc1cnc[nH]1)NC(=O)C(N)Cc1ccc(O)cc1)C(C)O)C(C)C)C(N)=O. The number of benzene rings is 4. The Balaban J connectivity index is 1.08. The molecule has 2 aromatic heterocycles. The lowest BCUT2D eigenvalue weighted by molar-refractivity contribution is -0.144. The Morgan fingerprint density at radius 1 is 0.541 bits per heavy atom. The minimum atomic E-state index is -1.85. The zero-order chi connectivity index (χ0) is 81.3. The van der Waals surface area contributed by atoms with Crippen molar-refractivity contribution in [2.24, 2.45) is 34.8 Å². The van der Waals surface area contributed by atoms with Gasteiger partial charge >= 0.3 is 0 Å². The van der Waals surface area contributed by atoms with Gasteiger partial charge < -0.3 is 111 Å². The van der Waals surface area contributed by atoms with E-state index in [-0.39, 0.29) is 68.7 Å². The Morgan fingerprint density at radius 3 is 1.59 bits per heavy atom. The number of hydrogen-bond donors (Lipinski definition) is 20. The largest absolute Gasteiger partial charge is 0.508 e. The first-order valence-electron chi connectivity index (χ1n) is 36.1. The third-order valence-corrected chi connectivity index (χ3v) is 18.8. The molecule has 14 amide bonds. The summed E-state index contributed by atoms with van der Waals surface area (Å²) in [7, 11) is 0. The van der Waals surface area contributed by atoms with E-state index in [2.05, 4.69) is 68.1 Å². The molecule has 7 rings (SSSR count). The predicted molar refractivity (Wildman–Crippen MR) is 400 cm³/mol. The zero-order valence-electron chi connectivity index (χ0n) is 62.0. The number of primary amides is 3. The summed E-state index contributed by atoms with van der Waals surface area (Å²) in [4.78, 5) is 205. The number of phenolic OH excluding ortho intramolecular Hbond substituents is 3. The van der Waals surface area contributed by atoms with Crippen LogP contribution in [0.1, 0.15) is 101 Å². The molecule has 36 heteroatoms. The number of nitrogens with two attached hydrogens (primary N) is 4. The third-order valence-electron chi connectivity index (χ3n) is 18.8. The zero-order valence-corrected chi connectivity index (χ0v) is 62.0. The maximum Gasteiger partial charge on any atom is 0.248 e. The van der Waals surface area contributed by atoms with Crippen LogP contribution in [0.2, 0.25) is 0 Å². The van der Waals surface area contributed by atoms with E-state index in [0.29, 0.717) is 45.3 Å². The number of nitrogens with zero attached hydrogens (tertiary/aromatic N) is 2. The standard InChI is InChI=1S/C75H98N18O18/c1-6-39(4)63(65(79)101)91-74(110)62(38(2)3)90-72(108)57(33-60(78)99)89-68(104)52(25-26-59(77)98)85-73(109)58-12-9-27-93(58)75(111)64(40(5)94)92-71(107)54(30-43-17-23-48(97)24-18-43)84-61(100)36-82-67(103)53(29-42-15-21-47(96)22-16-42)87-69(105)55(31-44-34-81-51-11-8-7-10-49(44)51)88-70(106)56(32-45-35-80-37-83-45)86-66(102)50(76)28-41-13-19-46(95)20-14-41/h7-8,10-11,13-24,34-35,37-40,50,52-58,62-64,81,94-97H,6,9,12,25-33,36,76H2,1-5H3,(H2,77,98)(H2,78,99)(H2,79,101)(H,80,83)(H,82,103)(H,84,100)(H,85,109)(H,86,102)(H,87,105)(H,88,106)(H,89,104)(H,90,108)(H,91,110)(H,92,107). The number of likely N-dealkylation sites (tertiary alicyclic amines) is 1. The summed E-state index contributed by atoms with van der Waals surface area (Å²) in [6, 6.07) is 7.76. The van der Waals surface area contributed by atoms with Crippen molar-refractivity contribution >= 4 is 93.6 Å². The number of carbonyl (C=O) groups is 14. The average molecular weight is 1540 g/mol. The second-order valence-electron chi connectivity index (χ2n) is 27.8. The molecule has 24 N–H and O–H groups in total. The third kappa shape index (κ3) is 25.6. The van der Waals surface area contributed by atoms with Crippen LogP contribution in [0, 0.1) is 11.8 Å². The topological polar surface area (TPSA) is 592 Å². The molecule has 1 aliphatic heterocycles. The molecule has 596 valence electrons.